The Morgan fingerprint density at radius 2 is 2.14 bits per heavy atom. The number of aryl methyl sites for hydroxylation is 2. The molecule has 0 saturated carbocycles. The molecule has 21 heavy (non-hydrogen) atoms. The van der Waals surface area contributed by atoms with Crippen molar-refractivity contribution >= 4 is 22.6 Å². The summed E-state index contributed by atoms with van der Waals surface area (Å²) < 4.78 is 15.5. The molecule has 3 rings (SSSR count). The molecule has 0 radical (unpaired) electrons. The van der Waals surface area contributed by atoms with E-state index in [0.717, 1.165) is 29.0 Å². The lowest BCUT2D eigenvalue weighted by molar-refractivity contribution is 0.625. The van der Waals surface area contributed by atoms with E-state index >= 15 is 0 Å². The molecule has 0 N–H and O–H groups in total. The Hall–Kier alpha value is -1.94. The zero-order valence-electron chi connectivity index (χ0n) is 11.6. The summed E-state index contributed by atoms with van der Waals surface area (Å²) in [6.45, 7) is 2.54. The maximum Gasteiger partial charge on any atom is 0.127 e. The SMILES string of the molecule is CC(Cl)c1nc2ccc(F)cc2n1CCc1ccccn1. The number of hydrogen-bond acceptors (Lipinski definition) is 2. The minimum atomic E-state index is -0.268. The number of fused-ring (bicyclic) bond motifs is 1. The lowest BCUT2D eigenvalue weighted by Gasteiger charge is -2.10. The van der Waals surface area contributed by atoms with Gasteiger partial charge in [-0.05, 0) is 37.3 Å². The van der Waals surface area contributed by atoms with Crippen LogP contribution in [0, 0.1) is 5.82 Å². The van der Waals surface area contributed by atoms with Crippen molar-refractivity contribution in [2.24, 2.45) is 0 Å². The van der Waals surface area contributed by atoms with E-state index < -0.39 is 0 Å². The highest BCUT2D eigenvalue weighted by Gasteiger charge is 2.15. The van der Waals surface area contributed by atoms with Gasteiger partial charge in [0.05, 0.1) is 16.4 Å². The van der Waals surface area contributed by atoms with Crippen molar-refractivity contribution in [3.63, 3.8) is 0 Å². The van der Waals surface area contributed by atoms with Gasteiger partial charge in [-0.3, -0.25) is 4.98 Å². The lowest BCUT2D eigenvalue weighted by Crippen LogP contribution is -2.07. The standard InChI is InChI=1S/C16H15ClFN3/c1-11(17)16-20-14-6-5-12(18)10-15(14)21(16)9-7-13-4-2-3-8-19-13/h2-6,8,10-11H,7,9H2,1H3. The number of rotatable bonds is 4. The minimum absolute atomic E-state index is 0.232. The Morgan fingerprint density at radius 3 is 2.86 bits per heavy atom. The molecule has 0 spiro atoms. The average molecular weight is 304 g/mol. The number of alkyl halides is 1. The highest BCUT2D eigenvalue weighted by atomic mass is 35.5. The second-order valence-corrected chi connectivity index (χ2v) is 5.60. The van der Waals surface area contributed by atoms with Gasteiger partial charge in [0.25, 0.3) is 0 Å². The summed E-state index contributed by atoms with van der Waals surface area (Å²) in [5.74, 6) is 0.489. The predicted octanol–water partition coefficient (Wildman–Crippen LogP) is 4.11. The van der Waals surface area contributed by atoms with Gasteiger partial charge in [0.1, 0.15) is 11.6 Å². The molecular formula is C16H15ClFN3. The van der Waals surface area contributed by atoms with Crippen LogP contribution in [-0.4, -0.2) is 14.5 Å². The summed E-state index contributed by atoms with van der Waals surface area (Å²) in [5, 5.41) is -0.232. The molecule has 0 aliphatic heterocycles. The van der Waals surface area contributed by atoms with Crippen LogP contribution in [0.25, 0.3) is 11.0 Å². The van der Waals surface area contributed by atoms with Crippen molar-refractivity contribution in [3.8, 4) is 0 Å². The fraction of sp³-hybridized carbons (Fsp3) is 0.250. The molecule has 5 heteroatoms. The molecule has 2 aromatic heterocycles. The Balaban J connectivity index is 1.98. The van der Waals surface area contributed by atoms with Crippen molar-refractivity contribution in [2.75, 3.05) is 0 Å². The van der Waals surface area contributed by atoms with Gasteiger partial charge in [-0.1, -0.05) is 6.07 Å². The zero-order valence-corrected chi connectivity index (χ0v) is 12.4. The second kappa shape index (κ2) is 5.82. The lowest BCUT2D eigenvalue weighted by atomic mass is 10.2. The van der Waals surface area contributed by atoms with Gasteiger partial charge in [-0.15, -0.1) is 11.6 Å². The molecule has 0 aliphatic rings. The fourth-order valence-corrected chi connectivity index (χ4v) is 2.59. The molecule has 1 aromatic carbocycles. The first-order valence-electron chi connectivity index (χ1n) is 6.85. The molecule has 108 valence electrons. The van der Waals surface area contributed by atoms with E-state index in [0.29, 0.717) is 6.54 Å². The first-order chi connectivity index (χ1) is 10.1. The van der Waals surface area contributed by atoms with Crippen LogP contribution in [0.4, 0.5) is 4.39 Å². The minimum Gasteiger partial charge on any atom is -0.326 e. The van der Waals surface area contributed by atoms with Gasteiger partial charge in [0, 0.05) is 24.9 Å². The van der Waals surface area contributed by atoms with Crippen LogP contribution in [-0.2, 0) is 13.0 Å². The van der Waals surface area contributed by atoms with Crippen molar-refractivity contribution < 1.29 is 4.39 Å². The van der Waals surface area contributed by atoms with E-state index in [1.165, 1.54) is 12.1 Å². The smallest absolute Gasteiger partial charge is 0.127 e. The molecule has 0 saturated heterocycles. The summed E-state index contributed by atoms with van der Waals surface area (Å²) in [7, 11) is 0. The summed E-state index contributed by atoms with van der Waals surface area (Å²) in [6, 6.07) is 10.4. The van der Waals surface area contributed by atoms with Crippen LogP contribution in [0.15, 0.2) is 42.6 Å². The summed E-state index contributed by atoms with van der Waals surface area (Å²) >= 11 is 6.21. The van der Waals surface area contributed by atoms with Crippen molar-refractivity contribution in [2.45, 2.75) is 25.3 Å². The van der Waals surface area contributed by atoms with Gasteiger partial charge in [0.15, 0.2) is 0 Å². The van der Waals surface area contributed by atoms with Crippen LogP contribution < -0.4 is 0 Å². The third kappa shape index (κ3) is 2.90. The monoisotopic (exact) mass is 303 g/mol. The number of benzene rings is 1. The number of aromatic nitrogens is 3. The van der Waals surface area contributed by atoms with Crippen LogP contribution >= 0.6 is 11.6 Å². The summed E-state index contributed by atoms with van der Waals surface area (Å²) in [6.07, 6.45) is 2.52. The third-order valence-electron chi connectivity index (χ3n) is 3.41. The maximum atomic E-state index is 13.5. The molecule has 0 fully saturated rings. The fourth-order valence-electron chi connectivity index (χ4n) is 2.43. The van der Waals surface area contributed by atoms with Gasteiger partial charge in [-0.25, -0.2) is 9.37 Å². The van der Waals surface area contributed by atoms with Crippen LogP contribution in [0.3, 0.4) is 0 Å². The quantitative estimate of drug-likeness (QED) is 0.679. The Morgan fingerprint density at radius 1 is 1.29 bits per heavy atom. The largest absolute Gasteiger partial charge is 0.326 e. The number of nitrogens with zero attached hydrogens (tertiary/aromatic N) is 3. The molecule has 2 heterocycles. The second-order valence-electron chi connectivity index (χ2n) is 4.94. The highest BCUT2D eigenvalue weighted by Crippen LogP contribution is 2.25. The molecular weight excluding hydrogens is 289 g/mol. The first kappa shape index (κ1) is 14.0. The summed E-state index contributed by atoms with van der Waals surface area (Å²) in [5.41, 5.74) is 2.53. The van der Waals surface area contributed by atoms with Gasteiger partial charge >= 0.3 is 0 Å². The van der Waals surface area contributed by atoms with Crippen molar-refractivity contribution in [1.29, 1.82) is 0 Å². The molecule has 0 bridgehead atoms. The number of pyridine rings is 1. The van der Waals surface area contributed by atoms with Gasteiger partial charge in [0.2, 0.25) is 0 Å². The highest BCUT2D eigenvalue weighted by molar-refractivity contribution is 6.20. The van der Waals surface area contributed by atoms with E-state index in [9.17, 15) is 4.39 Å². The Bertz CT molecular complexity index is 753. The van der Waals surface area contributed by atoms with Gasteiger partial charge < -0.3 is 4.57 Å². The number of imidazole rings is 1. The van der Waals surface area contributed by atoms with E-state index in [2.05, 4.69) is 9.97 Å². The zero-order chi connectivity index (χ0) is 14.8. The van der Waals surface area contributed by atoms with E-state index in [1.54, 1.807) is 12.3 Å². The predicted molar refractivity (Wildman–Crippen MR) is 81.9 cm³/mol. The average Bonchev–Trinajstić information content (AvgIpc) is 2.84. The third-order valence-corrected chi connectivity index (χ3v) is 3.61. The normalized spacial score (nSPS) is 12.7. The first-order valence-corrected chi connectivity index (χ1v) is 7.28. The van der Waals surface area contributed by atoms with Crippen LogP contribution in [0.1, 0.15) is 23.8 Å². The Kier molecular flexibility index (Phi) is 3.88. The molecule has 0 aliphatic carbocycles. The van der Waals surface area contributed by atoms with Crippen LogP contribution in [0.5, 0.6) is 0 Å². The van der Waals surface area contributed by atoms with E-state index in [1.807, 2.05) is 29.7 Å². The number of hydrogen-bond donors (Lipinski definition) is 0. The van der Waals surface area contributed by atoms with E-state index in [4.69, 9.17) is 11.6 Å². The van der Waals surface area contributed by atoms with Crippen LogP contribution in [0.2, 0.25) is 0 Å². The van der Waals surface area contributed by atoms with Gasteiger partial charge in [-0.2, -0.15) is 0 Å². The number of halogens is 2. The molecule has 3 nitrogen and oxygen atoms in total. The molecule has 1 atom stereocenters. The van der Waals surface area contributed by atoms with E-state index in [-0.39, 0.29) is 11.2 Å². The van der Waals surface area contributed by atoms with Crippen molar-refractivity contribution in [1.82, 2.24) is 14.5 Å². The Labute approximate surface area is 127 Å². The maximum absolute atomic E-state index is 13.5. The topological polar surface area (TPSA) is 30.7 Å². The van der Waals surface area contributed by atoms with Crippen molar-refractivity contribution in [3.05, 3.63) is 59.9 Å². The molecule has 0 amide bonds. The summed E-state index contributed by atoms with van der Waals surface area (Å²) in [4.78, 5) is 8.82. The molecule has 1 unspecified atom stereocenters. The molecule has 3 aromatic rings.